The minimum Gasteiger partial charge on any atom is -0.492 e. The number of primary amides is 1. The molecule has 1 aromatic carbocycles. The number of pyridine rings is 1. The second-order valence-electron chi connectivity index (χ2n) is 7.13. The predicted molar refractivity (Wildman–Crippen MR) is 109 cm³/mol. The van der Waals surface area contributed by atoms with Crippen LogP contribution in [0.15, 0.2) is 24.4 Å². The fourth-order valence-electron chi connectivity index (χ4n) is 3.00. The number of carbonyl (C=O) groups is 2. The van der Waals surface area contributed by atoms with E-state index in [0.717, 1.165) is 24.2 Å². The van der Waals surface area contributed by atoms with Crippen molar-refractivity contribution in [1.29, 1.82) is 5.26 Å². The van der Waals surface area contributed by atoms with Crippen molar-refractivity contribution in [2.24, 2.45) is 11.7 Å². The Morgan fingerprint density at radius 3 is 2.66 bits per heavy atom. The number of nitrogens with two attached hydrogens (primary N) is 1. The molecule has 29 heavy (non-hydrogen) atoms. The molecule has 0 radical (unpaired) electrons. The number of fused-ring (bicyclic) bond motifs is 1. The van der Waals surface area contributed by atoms with Crippen LogP contribution in [0.4, 0.5) is 0 Å². The Morgan fingerprint density at radius 1 is 1.41 bits per heavy atom. The molecular formula is C21H26N4O4. The molecule has 2 aromatic rings. The Balaban J connectivity index is 0.000000537. The summed E-state index contributed by atoms with van der Waals surface area (Å²) in [6.07, 6.45) is 2.20. The number of nitrogens with zero attached hydrogens (tertiary/aromatic N) is 3. The van der Waals surface area contributed by atoms with E-state index in [1.807, 2.05) is 19.9 Å². The van der Waals surface area contributed by atoms with Gasteiger partial charge in [-0.1, -0.05) is 0 Å². The fraction of sp³-hybridized carbons (Fsp3) is 0.429. The van der Waals surface area contributed by atoms with Gasteiger partial charge in [-0.25, -0.2) is 0 Å². The van der Waals surface area contributed by atoms with Crippen molar-refractivity contribution in [2.45, 2.75) is 26.4 Å². The molecular weight excluding hydrogens is 372 g/mol. The maximum Gasteiger partial charge on any atom is 0.252 e. The number of aromatic nitrogens is 1. The maximum atomic E-state index is 11.7. The maximum absolute atomic E-state index is 11.7. The van der Waals surface area contributed by atoms with Crippen LogP contribution >= 0.6 is 0 Å². The van der Waals surface area contributed by atoms with Crippen molar-refractivity contribution in [3.63, 3.8) is 0 Å². The number of carbonyl (C=O) groups excluding carboxylic acids is 2. The number of aldehydes is 1. The van der Waals surface area contributed by atoms with Crippen LogP contribution in [0.3, 0.4) is 0 Å². The Hall–Kier alpha value is -3.18. The van der Waals surface area contributed by atoms with Crippen LogP contribution < -0.4 is 15.2 Å². The van der Waals surface area contributed by atoms with E-state index in [0.29, 0.717) is 35.6 Å². The fourth-order valence-corrected chi connectivity index (χ4v) is 3.00. The molecule has 8 heteroatoms. The molecule has 0 unspecified atom stereocenters. The zero-order valence-corrected chi connectivity index (χ0v) is 16.9. The standard InChI is InChI=1S/C18H23N3O3.C3H3NO/c1-11(2)24-17-7-13-15(6-14(17)18(19)22)20-5-4-16(13)23-10-12-8-21(3)9-12;4-2-1-3-5/h4-7,11-12H,8-10H2,1-3H3,(H2,19,22);3H,1H2. The number of benzene rings is 1. The second kappa shape index (κ2) is 10.4. The smallest absolute Gasteiger partial charge is 0.252 e. The quantitative estimate of drug-likeness (QED) is 0.710. The normalized spacial score (nSPS) is 13.8. The summed E-state index contributed by atoms with van der Waals surface area (Å²) in [4.78, 5) is 27.5. The van der Waals surface area contributed by atoms with Crippen molar-refractivity contribution < 1.29 is 19.1 Å². The van der Waals surface area contributed by atoms with Gasteiger partial charge in [-0.3, -0.25) is 9.78 Å². The molecule has 0 aliphatic carbocycles. The van der Waals surface area contributed by atoms with Crippen molar-refractivity contribution >= 4 is 23.1 Å². The summed E-state index contributed by atoms with van der Waals surface area (Å²) in [6, 6.07) is 6.95. The van der Waals surface area contributed by atoms with E-state index in [1.165, 1.54) is 0 Å². The van der Waals surface area contributed by atoms with E-state index in [-0.39, 0.29) is 12.5 Å². The van der Waals surface area contributed by atoms with Gasteiger partial charge in [0.05, 0.1) is 36.3 Å². The highest BCUT2D eigenvalue weighted by Gasteiger charge is 2.24. The molecule has 1 aliphatic rings. The van der Waals surface area contributed by atoms with E-state index >= 15 is 0 Å². The second-order valence-corrected chi connectivity index (χ2v) is 7.13. The summed E-state index contributed by atoms with van der Waals surface area (Å²) in [6.45, 7) is 6.58. The summed E-state index contributed by atoms with van der Waals surface area (Å²) in [5, 5.41) is 8.41. The van der Waals surface area contributed by atoms with Crippen molar-refractivity contribution in [3.05, 3.63) is 30.0 Å². The first kappa shape index (κ1) is 22.1. The minimum absolute atomic E-state index is 0.0139. The number of amides is 1. The highest BCUT2D eigenvalue weighted by Crippen LogP contribution is 2.32. The largest absolute Gasteiger partial charge is 0.492 e. The van der Waals surface area contributed by atoms with Gasteiger partial charge in [0.25, 0.3) is 5.91 Å². The first-order chi connectivity index (χ1) is 13.8. The van der Waals surface area contributed by atoms with Gasteiger partial charge in [-0.15, -0.1) is 0 Å². The lowest BCUT2D eigenvalue weighted by atomic mass is 10.0. The molecule has 3 rings (SSSR count). The highest BCUT2D eigenvalue weighted by molar-refractivity contribution is 6.01. The number of rotatable bonds is 7. The van der Waals surface area contributed by atoms with Crippen LogP contribution in [-0.2, 0) is 4.79 Å². The molecule has 154 valence electrons. The van der Waals surface area contributed by atoms with Crippen molar-refractivity contribution in [2.75, 3.05) is 26.7 Å². The molecule has 1 saturated heterocycles. The summed E-state index contributed by atoms with van der Waals surface area (Å²) in [7, 11) is 2.10. The topological polar surface area (TPSA) is 119 Å². The molecule has 0 atom stereocenters. The van der Waals surface area contributed by atoms with Crippen molar-refractivity contribution in [3.8, 4) is 17.6 Å². The number of likely N-dealkylation sites (tertiary alicyclic amines) is 1. The van der Waals surface area contributed by atoms with E-state index in [4.69, 9.17) is 20.5 Å². The van der Waals surface area contributed by atoms with Crippen molar-refractivity contribution in [1.82, 2.24) is 9.88 Å². The van der Waals surface area contributed by atoms with Gasteiger partial charge >= 0.3 is 0 Å². The molecule has 2 heterocycles. The summed E-state index contributed by atoms with van der Waals surface area (Å²) >= 11 is 0. The number of hydrogen-bond acceptors (Lipinski definition) is 7. The van der Waals surface area contributed by atoms with Crippen LogP contribution in [0.2, 0.25) is 0 Å². The lowest BCUT2D eigenvalue weighted by Crippen LogP contribution is -2.46. The average Bonchev–Trinajstić information content (AvgIpc) is 2.64. The van der Waals surface area contributed by atoms with Gasteiger partial charge < -0.3 is 24.9 Å². The zero-order valence-electron chi connectivity index (χ0n) is 16.9. The Bertz CT molecular complexity index is 901. The molecule has 1 amide bonds. The van der Waals surface area contributed by atoms with Gasteiger partial charge in [0, 0.05) is 30.6 Å². The van der Waals surface area contributed by atoms with Crippen LogP contribution in [0.25, 0.3) is 10.9 Å². The van der Waals surface area contributed by atoms with Gasteiger partial charge in [0.15, 0.2) is 0 Å². The third-order valence-electron chi connectivity index (χ3n) is 4.22. The molecule has 2 N–H and O–H groups in total. The Morgan fingerprint density at radius 2 is 2.14 bits per heavy atom. The Kier molecular flexibility index (Phi) is 7.92. The molecule has 0 spiro atoms. The summed E-state index contributed by atoms with van der Waals surface area (Å²) < 4.78 is 11.7. The monoisotopic (exact) mass is 398 g/mol. The van der Waals surface area contributed by atoms with Crippen LogP contribution in [0.1, 0.15) is 30.6 Å². The van der Waals surface area contributed by atoms with E-state index in [2.05, 4.69) is 16.9 Å². The third-order valence-corrected chi connectivity index (χ3v) is 4.22. The first-order valence-corrected chi connectivity index (χ1v) is 9.36. The lowest BCUT2D eigenvalue weighted by Gasteiger charge is -2.35. The third kappa shape index (κ3) is 6.16. The van der Waals surface area contributed by atoms with Crippen LogP contribution in [0, 0.1) is 17.2 Å². The van der Waals surface area contributed by atoms with Crippen LogP contribution in [0.5, 0.6) is 11.5 Å². The first-order valence-electron chi connectivity index (χ1n) is 9.36. The molecule has 1 fully saturated rings. The zero-order chi connectivity index (χ0) is 21.4. The molecule has 1 aliphatic heterocycles. The predicted octanol–water partition coefficient (Wildman–Crippen LogP) is 2.16. The van der Waals surface area contributed by atoms with Crippen LogP contribution in [-0.4, -0.2) is 54.9 Å². The number of hydrogen-bond donors (Lipinski definition) is 1. The summed E-state index contributed by atoms with van der Waals surface area (Å²) in [5.74, 6) is 1.23. The highest BCUT2D eigenvalue weighted by atomic mass is 16.5. The average molecular weight is 398 g/mol. The SMILES string of the molecule is CC(C)Oc1cc2c(OCC3CN(C)C3)ccnc2cc1C(N)=O.N#CCC=O. The Labute approximate surface area is 170 Å². The number of nitriles is 1. The van der Waals surface area contributed by atoms with Gasteiger partial charge in [0.1, 0.15) is 17.8 Å². The van der Waals surface area contributed by atoms with Gasteiger partial charge in [-0.05, 0) is 39.1 Å². The van der Waals surface area contributed by atoms with E-state index < -0.39 is 5.91 Å². The molecule has 0 bridgehead atoms. The van der Waals surface area contributed by atoms with Gasteiger partial charge in [0.2, 0.25) is 0 Å². The van der Waals surface area contributed by atoms with E-state index in [9.17, 15) is 9.59 Å². The molecule has 0 saturated carbocycles. The van der Waals surface area contributed by atoms with E-state index in [1.54, 1.807) is 24.4 Å². The number of ether oxygens (including phenoxy) is 2. The molecule has 1 aromatic heterocycles. The molecule has 8 nitrogen and oxygen atoms in total. The van der Waals surface area contributed by atoms with Gasteiger partial charge in [-0.2, -0.15) is 5.26 Å². The minimum atomic E-state index is -0.529. The lowest BCUT2D eigenvalue weighted by molar-refractivity contribution is -0.107. The summed E-state index contributed by atoms with van der Waals surface area (Å²) in [5.41, 5.74) is 6.48.